The van der Waals surface area contributed by atoms with E-state index in [1.54, 1.807) is 17.4 Å². The molecular weight excluding hydrogens is 303 g/mol. The molecule has 0 saturated carbocycles. The van der Waals surface area contributed by atoms with Gasteiger partial charge in [0.2, 0.25) is 0 Å². The average Bonchev–Trinajstić information content (AvgIpc) is 2.70. The molecule has 0 atom stereocenters. The molecule has 2 aromatic rings. The monoisotopic (exact) mass is 314 g/mol. The Bertz CT molecular complexity index is 513. The second-order valence-electron chi connectivity index (χ2n) is 3.64. The highest BCUT2D eigenvalue weighted by molar-refractivity contribution is 9.10. The number of hydrogen-bond acceptors (Lipinski definition) is 3. The molecule has 2 nitrogen and oxygen atoms in total. The molecule has 17 heavy (non-hydrogen) atoms. The third-order valence-corrected chi connectivity index (χ3v) is 4.10. The molecule has 0 amide bonds. The molecule has 0 bridgehead atoms. The van der Waals surface area contributed by atoms with Crippen LogP contribution < -0.4 is 11.1 Å². The lowest BCUT2D eigenvalue weighted by Gasteiger charge is -2.06. The maximum absolute atomic E-state index is 13.0. The molecule has 3 N–H and O–H groups in total. The first-order valence-corrected chi connectivity index (χ1v) is 6.80. The van der Waals surface area contributed by atoms with E-state index in [9.17, 15) is 4.39 Å². The number of thiophene rings is 1. The fourth-order valence-corrected chi connectivity index (χ4v) is 2.64. The van der Waals surface area contributed by atoms with Crippen LogP contribution in [0.15, 0.2) is 34.1 Å². The van der Waals surface area contributed by atoms with Gasteiger partial charge < -0.3 is 11.1 Å². The fourth-order valence-electron chi connectivity index (χ4n) is 1.48. The summed E-state index contributed by atoms with van der Waals surface area (Å²) in [5.41, 5.74) is 7.48. The smallest absolute Gasteiger partial charge is 0.123 e. The van der Waals surface area contributed by atoms with Gasteiger partial charge in [-0.25, -0.2) is 4.39 Å². The summed E-state index contributed by atoms with van der Waals surface area (Å²) in [6, 6.07) is 6.56. The van der Waals surface area contributed by atoms with Crippen molar-refractivity contribution in [2.75, 3.05) is 5.73 Å². The number of nitrogen functional groups attached to an aromatic ring is 1. The maximum Gasteiger partial charge on any atom is 0.123 e. The van der Waals surface area contributed by atoms with Crippen LogP contribution >= 0.6 is 27.3 Å². The summed E-state index contributed by atoms with van der Waals surface area (Å²) in [5.74, 6) is -0.222. The van der Waals surface area contributed by atoms with Crippen molar-refractivity contribution in [3.8, 4) is 0 Å². The molecule has 0 radical (unpaired) electrons. The second kappa shape index (κ2) is 5.62. The Morgan fingerprint density at radius 3 is 2.82 bits per heavy atom. The lowest BCUT2D eigenvalue weighted by atomic mass is 10.2. The standard InChI is InChI=1S/C12H12BrFN2S/c13-10-2-1-9(14)5-8(10)6-16-7-12-11(15)3-4-17-12/h1-5,16H,6-7,15H2. The van der Waals surface area contributed by atoms with Gasteiger partial charge in [-0.15, -0.1) is 11.3 Å². The van der Waals surface area contributed by atoms with Crippen LogP contribution in [0.5, 0.6) is 0 Å². The lowest BCUT2D eigenvalue weighted by molar-refractivity contribution is 0.620. The normalized spacial score (nSPS) is 10.7. The van der Waals surface area contributed by atoms with E-state index in [2.05, 4.69) is 21.2 Å². The number of benzene rings is 1. The number of rotatable bonds is 4. The minimum atomic E-state index is -0.222. The van der Waals surface area contributed by atoms with Gasteiger partial charge in [0, 0.05) is 28.1 Å². The quantitative estimate of drug-likeness (QED) is 0.906. The first-order valence-electron chi connectivity index (χ1n) is 5.13. The predicted molar refractivity (Wildman–Crippen MR) is 73.4 cm³/mol. The molecule has 0 aliphatic rings. The van der Waals surface area contributed by atoms with Crippen molar-refractivity contribution >= 4 is 33.0 Å². The largest absolute Gasteiger partial charge is 0.398 e. The van der Waals surface area contributed by atoms with E-state index in [1.165, 1.54) is 12.1 Å². The Kier molecular flexibility index (Phi) is 4.15. The van der Waals surface area contributed by atoms with E-state index >= 15 is 0 Å². The van der Waals surface area contributed by atoms with Gasteiger partial charge in [-0.3, -0.25) is 0 Å². The zero-order chi connectivity index (χ0) is 12.3. The van der Waals surface area contributed by atoms with E-state index in [4.69, 9.17) is 5.73 Å². The highest BCUT2D eigenvalue weighted by Gasteiger charge is 2.03. The van der Waals surface area contributed by atoms with Crippen LogP contribution in [-0.4, -0.2) is 0 Å². The van der Waals surface area contributed by atoms with Crippen molar-refractivity contribution in [1.82, 2.24) is 5.32 Å². The number of halogens is 2. The van der Waals surface area contributed by atoms with Gasteiger partial charge >= 0.3 is 0 Å². The van der Waals surface area contributed by atoms with E-state index < -0.39 is 0 Å². The summed E-state index contributed by atoms with van der Waals surface area (Å²) < 4.78 is 14.0. The Morgan fingerprint density at radius 1 is 1.29 bits per heavy atom. The van der Waals surface area contributed by atoms with Gasteiger partial charge in [0.15, 0.2) is 0 Å². The second-order valence-corrected chi connectivity index (χ2v) is 5.49. The number of nitrogens with two attached hydrogens (primary N) is 1. The minimum Gasteiger partial charge on any atom is -0.398 e. The molecule has 1 aromatic heterocycles. The Hall–Kier alpha value is -0.910. The van der Waals surface area contributed by atoms with Crippen molar-refractivity contribution < 1.29 is 4.39 Å². The minimum absolute atomic E-state index is 0.222. The zero-order valence-corrected chi connectivity index (χ0v) is 11.4. The SMILES string of the molecule is Nc1ccsc1CNCc1cc(F)ccc1Br. The predicted octanol–water partition coefficient (Wildman–Crippen LogP) is 3.52. The Labute approximate surface area is 112 Å². The lowest BCUT2D eigenvalue weighted by Crippen LogP contribution is -2.13. The van der Waals surface area contributed by atoms with Gasteiger partial charge in [0.25, 0.3) is 0 Å². The zero-order valence-electron chi connectivity index (χ0n) is 9.04. The van der Waals surface area contributed by atoms with Gasteiger partial charge in [-0.1, -0.05) is 15.9 Å². The topological polar surface area (TPSA) is 38.0 Å². The molecule has 1 heterocycles. The molecule has 90 valence electrons. The van der Waals surface area contributed by atoms with Crippen LogP contribution in [0.1, 0.15) is 10.4 Å². The third-order valence-electron chi connectivity index (χ3n) is 2.39. The van der Waals surface area contributed by atoms with E-state index in [1.807, 2.05) is 11.4 Å². The molecule has 2 rings (SSSR count). The van der Waals surface area contributed by atoms with Gasteiger partial charge in [-0.05, 0) is 35.2 Å². The van der Waals surface area contributed by atoms with Crippen molar-refractivity contribution in [3.05, 3.63) is 50.4 Å². The number of hydrogen-bond donors (Lipinski definition) is 2. The van der Waals surface area contributed by atoms with Crippen LogP contribution in [0.2, 0.25) is 0 Å². The summed E-state index contributed by atoms with van der Waals surface area (Å²) in [7, 11) is 0. The molecule has 0 aliphatic heterocycles. The molecule has 1 aromatic carbocycles. The molecule has 0 aliphatic carbocycles. The van der Waals surface area contributed by atoms with E-state index in [0.29, 0.717) is 13.1 Å². The van der Waals surface area contributed by atoms with Crippen molar-refractivity contribution in [2.45, 2.75) is 13.1 Å². The van der Waals surface area contributed by atoms with Crippen LogP contribution in [0.3, 0.4) is 0 Å². The first-order chi connectivity index (χ1) is 8.16. The summed E-state index contributed by atoms with van der Waals surface area (Å²) in [5, 5.41) is 5.21. The highest BCUT2D eigenvalue weighted by atomic mass is 79.9. The Balaban J connectivity index is 1.94. The van der Waals surface area contributed by atoms with Crippen molar-refractivity contribution in [2.24, 2.45) is 0 Å². The van der Waals surface area contributed by atoms with Crippen LogP contribution in [0.25, 0.3) is 0 Å². The maximum atomic E-state index is 13.0. The molecule has 0 spiro atoms. The molecule has 0 unspecified atom stereocenters. The van der Waals surface area contributed by atoms with Crippen LogP contribution in [0, 0.1) is 5.82 Å². The molecule has 0 fully saturated rings. The van der Waals surface area contributed by atoms with Crippen LogP contribution in [-0.2, 0) is 13.1 Å². The number of nitrogens with one attached hydrogen (secondary N) is 1. The summed E-state index contributed by atoms with van der Waals surface area (Å²) >= 11 is 5.01. The third kappa shape index (κ3) is 3.28. The first kappa shape index (κ1) is 12.5. The summed E-state index contributed by atoms with van der Waals surface area (Å²) in [6.45, 7) is 1.31. The average molecular weight is 315 g/mol. The summed E-state index contributed by atoms with van der Waals surface area (Å²) in [6.07, 6.45) is 0. The highest BCUT2D eigenvalue weighted by Crippen LogP contribution is 2.20. The molecule has 5 heteroatoms. The van der Waals surface area contributed by atoms with Crippen molar-refractivity contribution in [3.63, 3.8) is 0 Å². The Morgan fingerprint density at radius 2 is 2.12 bits per heavy atom. The van der Waals surface area contributed by atoms with Gasteiger partial charge in [0.1, 0.15) is 5.82 Å². The van der Waals surface area contributed by atoms with Crippen molar-refractivity contribution in [1.29, 1.82) is 0 Å². The van der Waals surface area contributed by atoms with Gasteiger partial charge in [0.05, 0.1) is 0 Å². The number of anilines is 1. The van der Waals surface area contributed by atoms with Gasteiger partial charge in [-0.2, -0.15) is 0 Å². The van der Waals surface area contributed by atoms with Crippen LogP contribution in [0.4, 0.5) is 10.1 Å². The molecular formula is C12H12BrFN2S. The summed E-state index contributed by atoms with van der Waals surface area (Å²) in [4.78, 5) is 1.11. The molecule has 0 saturated heterocycles. The van der Waals surface area contributed by atoms with E-state index in [-0.39, 0.29) is 5.82 Å². The fraction of sp³-hybridized carbons (Fsp3) is 0.167. The van der Waals surface area contributed by atoms with E-state index in [0.717, 1.165) is 20.6 Å².